The number of rotatable bonds is 14. The van der Waals surface area contributed by atoms with Crippen LogP contribution in [0.5, 0.6) is 0 Å². The molecule has 5 N–H and O–H groups in total. The lowest BCUT2D eigenvalue weighted by atomic mass is 9.78. The Morgan fingerprint density at radius 2 is 1.68 bits per heavy atom. The summed E-state index contributed by atoms with van der Waals surface area (Å²) in [6.07, 6.45) is 3.78. The SMILES string of the molecule is CCC(C)C.CCC=C(CNC(=O)Cc1ccccc1F)NC1(C(=O)NCC(=S)NCc2ccco2)CCc2[nH]c3c(C(F)(F)F)cccc3c2C1.CCCC. The van der Waals surface area contributed by atoms with Gasteiger partial charge in [0.1, 0.15) is 17.1 Å². The number of aromatic nitrogens is 1. The van der Waals surface area contributed by atoms with Gasteiger partial charge in [-0.2, -0.15) is 13.2 Å². The lowest BCUT2D eigenvalue weighted by Crippen LogP contribution is -2.61. The number of thiocarbonyl (C=S) groups is 1. The van der Waals surface area contributed by atoms with Gasteiger partial charge in [-0.15, -0.1) is 0 Å². The lowest BCUT2D eigenvalue weighted by molar-refractivity contribution is -0.136. The van der Waals surface area contributed by atoms with Crippen molar-refractivity contribution in [1.82, 2.24) is 26.3 Å². The fraction of sp³-hybridized carbons (Fsp3) is 0.465. The number of para-hydroxylation sites is 1. The second-order valence-electron chi connectivity index (χ2n) is 14.2. The van der Waals surface area contributed by atoms with Crippen LogP contribution in [0.4, 0.5) is 17.6 Å². The zero-order chi connectivity index (χ0) is 41.3. The smallest absolute Gasteiger partial charge is 0.418 e. The summed E-state index contributed by atoms with van der Waals surface area (Å²) in [6.45, 7) is 13.3. The number of alkyl halides is 3. The van der Waals surface area contributed by atoms with Gasteiger partial charge in [0.2, 0.25) is 11.8 Å². The molecule has 0 aliphatic heterocycles. The Balaban J connectivity index is 0.000000841. The Hall–Kier alpha value is -4.65. The number of fused-ring (bicyclic) bond motifs is 3. The molecule has 1 aliphatic rings. The van der Waals surface area contributed by atoms with Crippen LogP contribution >= 0.6 is 12.2 Å². The van der Waals surface area contributed by atoms with Crippen molar-refractivity contribution in [2.75, 3.05) is 13.1 Å². The summed E-state index contributed by atoms with van der Waals surface area (Å²) < 4.78 is 61.1. The van der Waals surface area contributed by atoms with Crippen molar-refractivity contribution < 1.29 is 31.6 Å². The highest BCUT2D eigenvalue weighted by Gasteiger charge is 2.44. The maximum atomic E-state index is 14.1. The van der Waals surface area contributed by atoms with E-state index in [1.165, 1.54) is 37.5 Å². The maximum absolute atomic E-state index is 14.1. The molecule has 0 radical (unpaired) electrons. The monoisotopic (exact) mass is 799 g/mol. The first-order chi connectivity index (χ1) is 26.7. The fourth-order valence-electron chi connectivity index (χ4n) is 5.85. The van der Waals surface area contributed by atoms with Crippen LogP contribution in [0.1, 0.15) is 102 Å². The second-order valence-corrected chi connectivity index (χ2v) is 14.7. The number of hydrogen-bond donors (Lipinski definition) is 5. The number of halogens is 4. The van der Waals surface area contributed by atoms with E-state index in [2.05, 4.69) is 60.9 Å². The summed E-state index contributed by atoms with van der Waals surface area (Å²) in [6, 6.07) is 13.6. The Kier molecular flexibility index (Phi) is 18.1. The average Bonchev–Trinajstić information content (AvgIpc) is 3.84. The van der Waals surface area contributed by atoms with E-state index in [0.29, 0.717) is 52.5 Å². The number of nitrogens with one attached hydrogen (secondary N) is 5. The van der Waals surface area contributed by atoms with Crippen molar-refractivity contribution in [1.29, 1.82) is 0 Å². The van der Waals surface area contributed by atoms with Gasteiger partial charge in [0.15, 0.2) is 0 Å². The molecule has 0 saturated carbocycles. The van der Waals surface area contributed by atoms with Gasteiger partial charge in [-0.3, -0.25) is 9.59 Å². The molecule has 5 rings (SSSR count). The van der Waals surface area contributed by atoms with E-state index in [1.807, 2.05) is 13.0 Å². The molecular formula is C43H57F4N5O3S. The molecule has 0 bridgehead atoms. The highest BCUT2D eigenvalue weighted by molar-refractivity contribution is 7.80. The van der Waals surface area contributed by atoms with E-state index >= 15 is 0 Å². The number of unbranched alkanes of at least 4 members (excludes halogenated alkanes) is 1. The number of H-pyrrole nitrogens is 1. The van der Waals surface area contributed by atoms with Crippen molar-refractivity contribution in [3.05, 3.63) is 107 Å². The fourth-order valence-corrected chi connectivity index (χ4v) is 5.99. The number of carbonyl (C=O) groups excluding carboxylic acids is 2. The minimum atomic E-state index is -4.56. The highest BCUT2D eigenvalue weighted by atomic mass is 32.1. The molecule has 0 saturated heterocycles. The van der Waals surface area contributed by atoms with Crippen LogP contribution in [0.3, 0.4) is 0 Å². The Morgan fingerprint density at radius 1 is 0.964 bits per heavy atom. The molecule has 56 heavy (non-hydrogen) atoms. The van der Waals surface area contributed by atoms with E-state index in [0.717, 1.165) is 12.0 Å². The van der Waals surface area contributed by atoms with E-state index in [1.54, 1.807) is 36.6 Å². The third-order valence-electron chi connectivity index (χ3n) is 9.45. The second kappa shape index (κ2) is 22.2. The van der Waals surface area contributed by atoms with E-state index in [-0.39, 0.29) is 43.4 Å². The van der Waals surface area contributed by atoms with Crippen molar-refractivity contribution in [2.45, 2.75) is 111 Å². The van der Waals surface area contributed by atoms with Crippen LogP contribution in [0.2, 0.25) is 0 Å². The number of aromatic amines is 1. The third kappa shape index (κ3) is 13.5. The minimum absolute atomic E-state index is 0.0173. The van der Waals surface area contributed by atoms with Crippen LogP contribution in [0, 0.1) is 11.7 Å². The predicted molar refractivity (Wildman–Crippen MR) is 220 cm³/mol. The topological polar surface area (TPSA) is 111 Å². The molecule has 1 atom stereocenters. The Bertz CT molecular complexity index is 1890. The zero-order valence-electron chi connectivity index (χ0n) is 33.4. The third-order valence-corrected chi connectivity index (χ3v) is 9.74. The van der Waals surface area contributed by atoms with Crippen LogP contribution < -0.4 is 21.3 Å². The van der Waals surface area contributed by atoms with Gasteiger partial charge < -0.3 is 30.7 Å². The van der Waals surface area contributed by atoms with Gasteiger partial charge in [0, 0.05) is 23.2 Å². The molecule has 13 heteroatoms. The van der Waals surface area contributed by atoms with Crippen LogP contribution in [-0.4, -0.2) is 40.4 Å². The molecule has 1 unspecified atom stereocenters. The summed E-state index contributed by atoms with van der Waals surface area (Å²) in [4.78, 5) is 30.2. The van der Waals surface area contributed by atoms with E-state index < -0.39 is 34.9 Å². The highest BCUT2D eigenvalue weighted by Crippen LogP contribution is 2.40. The first-order valence-electron chi connectivity index (χ1n) is 19.4. The average molecular weight is 800 g/mol. The van der Waals surface area contributed by atoms with Gasteiger partial charge in [0.25, 0.3) is 0 Å². The standard InChI is InChI=1S/C34H35F4N5O3S.C5H12.C4H10/c1-2-7-22(18-39-29(44)16-21-8-3-4-12-27(21)35)43-33(32(45)41-20-30(47)40-19-23-9-6-15-46-23)14-13-28-25(17-33)24-10-5-11-26(31(24)42-28)34(36,37)38;1-4-5(2)3;1-3-4-2/h3-12,15,42-43H,2,13-14,16-20H2,1H3,(H,39,44)(H,40,47)(H,41,45);5H,4H2,1-3H3;3-4H2,1-2H3. The van der Waals surface area contributed by atoms with Crippen LogP contribution in [0.15, 0.2) is 77.1 Å². The molecule has 1 aliphatic carbocycles. The molecular weight excluding hydrogens is 743 g/mol. The van der Waals surface area contributed by atoms with Crippen LogP contribution in [0.25, 0.3) is 10.9 Å². The summed E-state index contributed by atoms with van der Waals surface area (Å²) in [5, 5.41) is 12.5. The minimum Gasteiger partial charge on any atom is -0.467 e. The van der Waals surface area contributed by atoms with Crippen molar-refractivity contribution in [3.8, 4) is 0 Å². The Morgan fingerprint density at radius 3 is 2.29 bits per heavy atom. The number of aryl methyl sites for hydroxylation is 1. The van der Waals surface area contributed by atoms with Gasteiger partial charge >= 0.3 is 6.18 Å². The molecule has 0 fully saturated rings. The molecule has 2 amide bonds. The summed E-state index contributed by atoms with van der Waals surface area (Å²) in [5.74, 6) is 0.261. The van der Waals surface area contributed by atoms with Crippen molar-refractivity contribution in [2.24, 2.45) is 5.92 Å². The number of hydrogen-bond acceptors (Lipinski definition) is 5. The maximum Gasteiger partial charge on any atom is 0.418 e. The number of carbonyl (C=O) groups is 2. The molecule has 306 valence electrons. The quantitative estimate of drug-likeness (QED) is 0.0643. The zero-order valence-corrected chi connectivity index (χ0v) is 34.2. The summed E-state index contributed by atoms with van der Waals surface area (Å²) in [7, 11) is 0. The van der Waals surface area contributed by atoms with Gasteiger partial charge in [-0.05, 0) is 60.6 Å². The largest absolute Gasteiger partial charge is 0.467 e. The van der Waals surface area contributed by atoms with Gasteiger partial charge in [0.05, 0.1) is 48.4 Å². The molecule has 4 aromatic rings. The molecule has 0 spiro atoms. The predicted octanol–water partition coefficient (Wildman–Crippen LogP) is 9.48. The van der Waals surface area contributed by atoms with Gasteiger partial charge in [-0.1, -0.05) is 109 Å². The first kappa shape index (κ1) is 45.7. The molecule has 2 aromatic carbocycles. The summed E-state index contributed by atoms with van der Waals surface area (Å²) >= 11 is 5.42. The van der Waals surface area contributed by atoms with Crippen LogP contribution in [-0.2, 0) is 41.6 Å². The molecule has 2 aromatic heterocycles. The Labute approximate surface area is 333 Å². The number of amides is 2. The first-order valence-corrected chi connectivity index (χ1v) is 19.8. The van der Waals surface area contributed by atoms with Crippen molar-refractivity contribution >= 4 is 39.9 Å². The summed E-state index contributed by atoms with van der Waals surface area (Å²) in [5.41, 5.74) is -0.0378. The number of furan rings is 1. The molecule has 2 heterocycles. The number of benzene rings is 2. The van der Waals surface area contributed by atoms with E-state index in [4.69, 9.17) is 16.6 Å². The van der Waals surface area contributed by atoms with E-state index in [9.17, 15) is 27.2 Å². The lowest BCUT2D eigenvalue weighted by Gasteiger charge is -2.38. The molecule has 8 nitrogen and oxygen atoms in total. The van der Waals surface area contributed by atoms with Gasteiger partial charge in [-0.25, -0.2) is 4.39 Å². The normalized spacial score (nSPS) is 15.2. The number of allylic oxidation sites excluding steroid dienone is 1. The van der Waals surface area contributed by atoms with Crippen molar-refractivity contribution in [3.63, 3.8) is 0 Å².